The lowest BCUT2D eigenvalue weighted by Gasteiger charge is -2.32. The van der Waals surface area contributed by atoms with E-state index in [4.69, 9.17) is 18.8 Å². The minimum Gasteiger partial charge on any atom is -0.399 e. The number of nitrogens with zero attached hydrogens (tertiary/aromatic N) is 2. The monoisotopic (exact) mass is 384 g/mol. The molecule has 3 heterocycles. The topological polar surface area (TPSA) is 65.6 Å². The number of hydrogen-bond donors (Lipinski definition) is 0. The highest BCUT2D eigenvalue weighted by molar-refractivity contribution is 6.62. The summed E-state index contributed by atoms with van der Waals surface area (Å²) in [6, 6.07) is 6.25. The van der Waals surface area contributed by atoms with Crippen LogP contribution in [0, 0.1) is 18.3 Å². The van der Waals surface area contributed by atoms with Gasteiger partial charge in [0.15, 0.2) is 0 Å². The lowest BCUT2D eigenvalue weighted by Crippen LogP contribution is -2.41. The van der Waals surface area contributed by atoms with Crippen molar-refractivity contribution in [1.82, 2.24) is 4.57 Å². The quantitative estimate of drug-likeness (QED) is 0.708. The summed E-state index contributed by atoms with van der Waals surface area (Å²) in [6.07, 6.45) is 2.04. The Bertz CT molecular complexity index is 866. The van der Waals surface area contributed by atoms with E-state index >= 15 is 0 Å². The lowest BCUT2D eigenvalue weighted by molar-refractivity contribution is -0.0334. The second-order valence-electron chi connectivity index (χ2n) is 8.31. The van der Waals surface area contributed by atoms with E-state index in [0.29, 0.717) is 5.56 Å². The van der Waals surface area contributed by atoms with Gasteiger partial charge in [-0.15, -0.1) is 0 Å². The third-order valence-electron chi connectivity index (χ3n) is 5.69. The maximum Gasteiger partial charge on any atom is 0.494 e. The average molecular weight is 384 g/mol. The minimum absolute atomic E-state index is 0.384. The van der Waals surface area contributed by atoms with Crippen LogP contribution in [0.4, 0.5) is 0 Å². The van der Waals surface area contributed by atoms with Crippen molar-refractivity contribution < 1.29 is 18.8 Å². The van der Waals surface area contributed by atoms with Crippen molar-refractivity contribution >= 4 is 23.5 Å². The predicted octanol–water partition coefficient (Wildman–Crippen LogP) is 2.69. The Balaban J connectivity index is 0.000000320. The number of benzene rings is 1. The molecule has 1 aromatic carbocycles. The zero-order chi connectivity index (χ0) is 20.5. The van der Waals surface area contributed by atoms with Gasteiger partial charge in [-0.25, -0.2) is 0 Å². The van der Waals surface area contributed by atoms with E-state index < -0.39 is 7.12 Å². The first-order valence-electron chi connectivity index (χ1n) is 9.67. The van der Waals surface area contributed by atoms with Crippen LogP contribution in [0.15, 0.2) is 18.3 Å². The second-order valence-corrected chi connectivity index (χ2v) is 8.31. The molecule has 2 fully saturated rings. The van der Waals surface area contributed by atoms with Crippen molar-refractivity contribution in [2.24, 2.45) is 7.05 Å². The Morgan fingerprint density at radius 2 is 1.54 bits per heavy atom. The highest BCUT2D eigenvalue weighted by Crippen LogP contribution is 2.37. The standard InChI is InChI=1S/C17H21BN2O2.C4H8O2/c1-11-10-20(6)15-12(9-19)7-13(8-14(11)15)18-21-16(2,3)17(4,5)22-18;1-2-6-4-3-5-1/h7-8,10H,1-6H3;1-4H2. The van der Waals surface area contributed by atoms with Crippen LogP contribution >= 0.6 is 0 Å². The van der Waals surface area contributed by atoms with E-state index in [0.717, 1.165) is 48.4 Å². The van der Waals surface area contributed by atoms with Gasteiger partial charge in [-0.1, -0.05) is 6.07 Å². The number of fused-ring (bicyclic) bond motifs is 1. The number of ether oxygens (including phenoxy) is 2. The predicted molar refractivity (Wildman–Crippen MR) is 110 cm³/mol. The molecule has 2 saturated heterocycles. The van der Waals surface area contributed by atoms with E-state index in [2.05, 4.69) is 19.1 Å². The van der Waals surface area contributed by atoms with E-state index in [-0.39, 0.29) is 11.2 Å². The molecule has 0 N–H and O–H groups in total. The molecule has 0 atom stereocenters. The zero-order valence-corrected chi connectivity index (χ0v) is 17.7. The van der Waals surface area contributed by atoms with Crippen LogP contribution in [0.1, 0.15) is 38.8 Å². The van der Waals surface area contributed by atoms with Gasteiger partial charge in [0, 0.05) is 18.6 Å². The fourth-order valence-electron chi connectivity index (χ4n) is 3.40. The van der Waals surface area contributed by atoms with Gasteiger partial charge in [0.1, 0.15) is 6.07 Å². The van der Waals surface area contributed by atoms with Crippen molar-refractivity contribution in [2.75, 3.05) is 26.4 Å². The molecule has 150 valence electrons. The largest absolute Gasteiger partial charge is 0.494 e. The Morgan fingerprint density at radius 3 is 2.00 bits per heavy atom. The first-order valence-corrected chi connectivity index (χ1v) is 9.67. The van der Waals surface area contributed by atoms with Gasteiger partial charge >= 0.3 is 7.12 Å². The van der Waals surface area contributed by atoms with Crippen molar-refractivity contribution in [3.05, 3.63) is 29.5 Å². The summed E-state index contributed by atoms with van der Waals surface area (Å²) < 4.78 is 24.1. The number of aromatic nitrogens is 1. The third-order valence-corrected chi connectivity index (χ3v) is 5.69. The van der Waals surface area contributed by atoms with Gasteiger partial charge in [-0.3, -0.25) is 0 Å². The van der Waals surface area contributed by atoms with Gasteiger partial charge < -0.3 is 23.3 Å². The smallest absolute Gasteiger partial charge is 0.399 e. The van der Waals surface area contributed by atoms with Crippen molar-refractivity contribution in [2.45, 2.75) is 45.8 Å². The Hall–Kier alpha value is -1.85. The molecule has 0 radical (unpaired) electrons. The van der Waals surface area contributed by atoms with Crippen LogP contribution in [0.25, 0.3) is 10.9 Å². The molecule has 6 nitrogen and oxygen atoms in total. The highest BCUT2D eigenvalue weighted by atomic mass is 16.7. The molecule has 0 spiro atoms. The van der Waals surface area contributed by atoms with E-state index in [1.165, 1.54) is 0 Å². The summed E-state index contributed by atoms with van der Waals surface area (Å²) in [5.74, 6) is 0. The third kappa shape index (κ3) is 3.96. The first kappa shape index (κ1) is 20.9. The minimum atomic E-state index is -0.443. The molecule has 2 aliphatic heterocycles. The summed E-state index contributed by atoms with van der Waals surface area (Å²) in [6.45, 7) is 13.3. The number of nitriles is 1. The maximum absolute atomic E-state index is 9.50. The molecule has 4 rings (SSSR count). The molecule has 0 unspecified atom stereocenters. The summed E-state index contributed by atoms with van der Waals surface area (Å²) in [4.78, 5) is 0. The van der Waals surface area contributed by atoms with Crippen LogP contribution in [0.2, 0.25) is 0 Å². The average Bonchev–Trinajstić information content (AvgIpc) is 3.07. The zero-order valence-electron chi connectivity index (χ0n) is 17.7. The Kier molecular flexibility index (Phi) is 5.88. The van der Waals surface area contributed by atoms with Crippen LogP contribution in [-0.2, 0) is 25.8 Å². The van der Waals surface area contributed by atoms with Crippen molar-refractivity contribution in [3.8, 4) is 6.07 Å². The van der Waals surface area contributed by atoms with Crippen molar-refractivity contribution in [3.63, 3.8) is 0 Å². The normalized spacial score (nSPS) is 20.5. The molecule has 0 bridgehead atoms. The van der Waals surface area contributed by atoms with E-state index in [9.17, 15) is 5.26 Å². The van der Waals surface area contributed by atoms with Gasteiger partial charge in [-0.05, 0) is 51.7 Å². The lowest BCUT2D eigenvalue weighted by atomic mass is 9.77. The summed E-state index contributed by atoms with van der Waals surface area (Å²) in [5, 5.41) is 10.6. The van der Waals surface area contributed by atoms with Crippen LogP contribution in [0.3, 0.4) is 0 Å². The first-order chi connectivity index (χ1) is 13.2. The highest BCUT2D eigenvalue weighted by Gasteiger charge is 2.51. The molecule has 2 aliphatic rings. The molecule has 28 heavy (non-hydrogen) atoms. The molecular weight excluding hydrogens is 355 g/mol. The van der Waals surface area contributed by atoms with Crippen LogP contribution in [0.5, 0.6) is 0 Å². The fraction of sp³-hybridized carbons (Fsp3) is 0.571. The maximum atomic E-state index is 9.50. The molecule has 2 aromatic rings. The Labute approximate surface area is 167 Å². The van der Waals surface area contributed by atoms with Crippen LogP contribution < -0.4 is 5.46 Å². The molecular formula is C21H29BN2O4. The van der Waals surface area contributed by atoms with Gasteiger partial charge in [0.05, 0.1) is 48.7 Å². The van der Waals surface area contributed by atoms with Crippen molar-refractivity contribution in [1.29, 1.82) is 5.26 Å². The van der Waals surface area contributed by atoms with Gasteiger partial charge in [-0.2, -0.15) is 5.26 Å². The van der Waals surface area contributed by atoms with E-state index in [1.807, 2.05) is 51.6 Å². The molecule has 7 heteroatoms. The second kappa shape index (κ2) is 7.88. The summed E-state index contributed by atoms with van der Waals surface area (Å²) in [7, 11) is 1.52. The van der Waals surface area contributed by atoms with Gasteiger partial charge in [0.2, 0.25) is 0 Å². The SMILES string of the molecule is C1COCCO1.Cc1cn(C)c2c(C#N)cc(B3OC(C)(C)C(C)(C)O3)cc12. The molecule has 0 saturated carbocycles. The van der Waals surface area contributed by atoms with Gasteiger partial charge in [0.25, 0.3) is 0 Å². The number of hydrogen-bond acceptors (Lipinski definition) is 5. The molecule has 0 aliphatic carbocycles. The van der Waals surface area contributed by atoms with E-state index in [1.54, 1.807) is 0 Å². The summed E-state index contributed by atoms with van der Waals surface area (Å²) >= 11 is 0. The van der Waals surface area contributed by atoms with Crippen LogP contribution in [-0.4, -0.2) is 49.3 Å². The number of rotatable bonds is 1. The fourth-order valence-corrected chi connectivity index (χ4v) is 3.40. The molecule has 1 aromatic heterocycles. The molecule has 0 amide bonds. The Morgan fingerprint density at radius 1 is 1.00 bits per heavy atom. The summed E-state index contributed by atoms with van der Waals surface area (Å²) in [5.41, 5.74) is 2.89. The number of aryl methyl sites for hydroxylation is 2.